The van der Waals surface area contributed by atoms with Crippen LogP contribution in [0.3, 0.4) is 0 Å². The fourth-order valence-electron chi connectivity index (χ4n) is 1.12. The van der Waals surface area contributed by atoms with Gasteiger partial charge in [-0.1, -0.05) is 0 Å². The zero-order valence-corrected chi connectivity index (χ0v) is 7.19. The smallest absolute Gasteiger partial charge is 0.305 e. The summed E-state index contributed by atoms with van der Waals surface area (Å²) in [6.45, 7) is -0.503. The highest BCUT2D eigenvalue weighted by atomic mass is 16.4. The second kappa shape index (κ2) is 4.05. The number of aliphatic carboxylic acids is 1. The van der Waals surface area contributed by atoms with Crippen molar-refractivity contribution < 1.29 is 24.6 Å². The summed E-state index contributed by atoms with van der Waals surface area (Å²) in [5.74, 6) is -2.34. The van der Waals surface area contributed by atoms with Gasteiger partial charge in [0, 0.05) is 0 Å². The lowest BCUT2D eigenvalue weighted by molar-refractivity contribution is -0.143. The van der Waals surface area contributed by atoms with Crippen LogP contribution in [0.2, 0.25) is 0 Å². The number of piperazine rings is 1. The molecule has 0 aromatic carbocycles. The van der Waals surface area contributed by atoms with Gasteiger partial charge in [-0.15, -0.1) is 0 Å². The SMILES string of the molecule is O=C(O)C[C@@H]1NC(=O)[C@H](CO)NC1=O. The van der Waals surface area contributed by atoms with E-state index in [2.05, 4.69) is 10.6 Å². The van der Waals surface area contributed by atoms with Crippen molar-refractivity contribution in [2.45, 2.75) is 18.5 Å². The Hall–Kier alpha value is -1.63. The van der Waals surface area contributed by atoms with Crippen LogP contribution in [0.1, 0.15) is 6.42 Å². The summed E-state index contributed by atoms with van der Waals surface area (Å²) in [4.78, 5) is 32.5. The van der Waals surface area contributed by atoms with Crippen molar-refractivity contribution in [1.82, 2.24) is 10.6 Å². The van der Waals surface area contributed by atoms with E-state index in [9.17, 15) is 14.4 Å². The van der Waals surface area contributed by atoms with Crippen molar-refractivity contribution >= 4 is 17.8 Å². The van der Waals surface area contributed by atoms with Crippen LogP contribution in [0, 0.1) is 0 Å². The molecular weight excluding hydrogens is 192 g/mol. The standard InChI is InChI=1S/C7H10N2O5/c10-2-4-7(14)8-3(1-5(11)12)6(13)9-4/h3-4,10H,1-2H2,(H,8,14)(H,9,13)(H,11,12)/t3-,4-/m0/s1. The molecular formula is C7H10N2O5. The first-order chi connectivity index (χ1) is 6.54. The second-order valence-corrected chi connectivity index (χ2v) is 2.90. The third-order valence-electron chi connectivity index (χ3n) is 1.83. The van der Waals surface area contributed by atoms with Crippen molar-refractivity contribution in [2.75, 3.05) is 6.61 Å². The number of amides is 2. The van der Waals surface area contributed by atoms with Gasteiger partial charge in [0.2, 0.25) is 11.8 Å². The first-order valence-corrected chi connectivity index (χ1v) is 3.98. The number of carboxylic acid groups (broad SMARTS) is 1. The van der Waals surface area contributed by atoms with Crippen LogP contribution in [-0.4, -0.2) is 46.7 Å². The van der Waals surface area contributed by atoms with E-state index in [0.29, 0.717) is 0 Å². The molecule has 1 aliphatic rings. The lowest BCUT2D eigenvalue weighted by Crippen LogP contribution is -2.63. The zero-order valence-electron chi connectivity index (χ0n) is 7.19. The Balaban J connectivity index is 2.62. The van der Waals surface area contributed by atoms with Gasteiger partial charge >= 0.3 is 5.97 Å². The predicted octanol–water partition coefficient (Wildman–Crippen LogP) is -2.56. The third-order valence-corrected chi connectivity index (χ3v) is 1.83. The van der Waals surface area contributed by atoms with Gasteiger partial charge in [0.25, 0.3) is 0 Å². The summed E-state index contributed by atoms with van der Waals surface area (Å²) in [6, 6.07) is -2.03. The van der Waals surface area contributed by atoms with Gasteiger partial charge in [-0.05, 0) is 0 Å². The summed E-state index contributed by atoms with van der Waals surface area (Å²) in [5.41, 5.74) is 0. The van der Waals surface area contributed by atoms with Gasteiger partial charge in [-0.2, -0.15) is 0 Å². The molecule has 0 aliphatic carbocycles. The summed E-state index contributed by atoms with van der Waals surface area (Å²) in [6.07, 6.45) is -0.463. The number of nitrogens with one attached hydrogen (secondary N) is 2. The zero-order chi connectivity index (χ0) is 10.7. The average molecular weight is 202 g/mol. The molecule has 4 N–H and O–H groups in total. The predicted molar refractivity (Wildman–Crippen MR) is 43.2 cm³/mol. The maximum absolute atomic E-state index is 11.1. The number of aliphatic hydroxyl groups is 1. The fraction of sp³-hybridized carbons (Fsp3) is 0.571. The molecule has 1 rings (SSSR count). The maximum atomic E-state index is 11.1. The summed E-state index contributed by atoms with van der Waals surface area (Å²) < 4.78 is 0. The molecule has 0 spiro atoms. The van der Waals surface area contributed by atoms with E-state index in [1.165, 1.54) is 0 Å². The molecule has 0 saturated carbocycles. The molecule has 0 aromatic heterocycles. The lowest BCUT2D eigenvalue weighted by Gasteiger charge is -2.27. The highest BCUT2D eigenvalue weighted by Gasteiger charge is 2.34. The van der Waals surface area contributed by atoms with Gasteiger partial charge in [-0.25, -0.2) is 0 Å². The molecule has 7 nitrogen and oxygen atoms in total. The van der Waals surface area contributed by atoms with E-state index in [4.69, 9.17) is 10.2 Å². The van der Waals surface area contributed by atoms with Gasteiger partial charge in [-0.3, -0.25) is 14.4 Å². The molecule has 0 aromatic rings. The Morgan fingerprint density at radius 1 is 1.21 bits per heavy atom. The molecule has 14 heavy (non-hydrogen) atoms. The van der Waals surface area contributed by atoms with Gasteiger partial charge < -0.3 is 20.8 Å². The maximum Gasteiger partial charge on any atom is 0.305 e. The number of carboxylic acids is 1. The number of rotatable bonds is 3. The van der Waals surface area contributed by atoms with E-state index in [-0.39, 0.29) is 0 Å². The normalized spacial score (nSPS) is 26.6. The second-order valence-electron chi connectivity index (χ2n) is 2.90. The highest BCUT2D eigenvalue weighted by molar-refractivity contribution is 5.98. The van der Waals surface area contributed by atoms with Crippen molar-refractivity contribution in [3.8, 4) is 0 Å². The molecule has 1 fully saturated rings. The summed E-state index contributed by atoms with van der Waals surface area (Å²) in [7, 11) is 0. The summed E-state index contributed by atoms with van der Waals surface area (Å²) in [5, 5.41) is 21.5. The molecule has 1 saturated heterocycles. The topological polar surface area (TPSA) is 116 Å². The molecule has 2 amide bonds. The highest BCUT2D eigenvalue weighted by Crippen LogP contribution is 2.00. The molecule has 1 heterocycles. The minimum atomic E-state index is -1.17. The van der Waals surface area contributed by atoms with E-state index in [1.807, 2.05) is 0 Å². The van der Waals surface area contributed by atoms with E-state index >= 15 is 0 Å². The first-order valence-electron chi connectivity index (χ1n) is 3.98. The molecule has 0 bridgehead atoms. The fourth-order valence-corrected chi connectivity index (χ4v) is 1.12. The average Bonchev–Trinajstić information content (AvgIpc) is 2.10. The minimum absolute atomic E-state index is 0.463. The van der Waals surface area contributed by atoms with Crippen LogP contribution < -0.4 is 10.6 Å². The van der Waals surface area contributed by atoms with Gasteiger partial charge in [0.1, 0.15) is 12.1 Å². The number of carbonyl (C=O) groups excluding carboxylic acids is 2. The van der Waals surface area contributed by atoms with Crippen LogP contribution in [-0.2, 0) is 14.4 Å². The molecule has 78 valence electrons. The third kappa shape index (κ3) is 2.19. The van der Waals surface area contributed by atoms with E-state index < -0.39 is 42.9 Å². The molecule has 0 unspecified atom stereocenters. The Morgan fingerprint density at radius 2 is 1.71 bits per heavy atom. The van der Waals surface area contributed by atoms with Crippen LogP contribution in [0.5, 0.6) is 0 Å². The first kappa shape index (κ1) is 10.5. The lowest BCUT2D eigenvalue weighted by atomic mass is 10.1. The Morgan fingerprint density at radius 3 is 2.21 bits per heavy atom. The van der Waals surface area contributed by atoms with Gasteiger partial charge in [0.15, 0.2) is 0 Å². The van der Waals surface area contributed by atoms with E-state index in [1.54, 1.807) is 0 Å². The monoisotopic (exact) mass is 202 g/mol. The van der Waals surface area contributed by atoms with Crippen LogP contribution in [0.15, 0.2) is 0 Å². The largest absolute Gasteiger partial charge is 0.481 e. The number of hydrogen-bond donors (Lipinski definition) is 4. The molecule has 2 atom stereocenters. The molecule has 7 heteroatoms. The van der Waals surface area contributed by atoms with Crippen LogP contribution in [0.25, 0.3) is 0 Å². The molecule has 1 aliphatic heterocycles. The van der Waals surface area contributed by atoms with Crippen LogP contribution in [0.4, 0.5) is 0 Å². The Kier molecular flexibility index (Phi) is 3.03. The summed E-state index contributed by atoms with van der Waals surface area (Å²) >= 11 is 0. The quantitative estimate of drug-likeness (QED) is 0.401. The van der Waals surface area contributed by atoms with Crippen molar-refractivity contribution in [1.29, 1.82) is 0 Å². The van der Waals surface area contributed by atoms with Crippen molar-refractivity contribution in [3.05, 3.63) is 0 Å². The van der Waals surface area contributed by atoms with E-state index in [0.717, 1.165) is 0 Å². The van der Waals surface area contributed by atoms with Crippen molar-refractivity contribution in [3.63, 3.8) is 0 Å². The Labute approximate surface area is 79.1 Å². The minimum Gasteiger partial charge on any atom is -0.481 e. The van der Waals surface area contributed by atoms with Crippen molar-refractivity contribution in [2.24, 2.45) is 0 Å². The van der Waals surface area contributed by atoms with Gasteiger partial charge in [0.05, 0.1) is 13.0 Å². The number of hydrogen-bond acceptors (Lipinski definition) is 4. The number of aliphatic hydroxyl groups excluding tert-OH is 1. The number of carbonyl (C=O) groups is 3. The Bertz CT molecular complexity index is 277. The molecule has 0 radical (unpaired) electrons. The van der Waals surface area contributed by atoms with Crippen LogP contribution >= 0.6 is 0 Å².